The third-order valence-corrected chi connectivity index (χ3v) is 1.99. The average molecular weight is 215 g/mol. The van der Waals surface area contributed by atoms with Crippen LogP contribution in [-0.2, 0) is 0 Å². The number of anilines is 1. The molecule has 1 aromatic rings. The van der Waals surface area contributed by atoms with Crippen LogP contribution in [0.1, 0.15) is 0 Å². The monoisotopic (exact) mass is 214 g/mol. The van der Waals surface area contributed by atoms with Crippen molar-refractivity contribution in [3.8, 4) is 5.75 Å². The molecule has 0 radical (unpaired) electrons. The Balaban J connectivity index is 2.43. The average Bonchev–Trinajstić information content (AvgIpc) is 2.27. The fourth-order valence-corrected chi connectivity index (χ4v) is 1.40. The van der Waals surface area contributed by atoms with E-state index in [4.69, 9.17) is 10.5 Å². The highest BCUT2D eigenvalue weighted by molar-refractivity contribution is 9.10. The van der Waals surface area contributed by atoms with Crippen molar-refractivity contribution in [2.45, 2.75) is 6.35 Å². The first-order valence-electron chi connectivity index (χ1n) is 3.24. The van der Waals surface area contributed by atoms with Crippen LogP contribution < -0.4 is 15.8 Å². The summed E-state index contributed by atoms with van der Waals surface area (Å²) >= 11 is 3.35. The van der Waals surface area contributed by atoms with E-state index in [-0.39, 0.29) is 0 Å². The molecule has 1 heterocycles. The van der Waals surface area contributed by atoms with Crippen molar-refractivity contribution in [1.82, 2.24) is 0 Å². The second-order valence-electron chi connectivity index (χ2n) is 2.32. The zero-order valence-electron chi connectivity index (χ0n) is 5.67. The molecule has 1 aliphatic rings. The van der Waals surface area contributed by atoms with Crippen LogP contribution in [0.15, 0.2) is 22.7 Å². The fourth-order valence-electron chi connectivity index (χ4n) is 1.04. The quantitative estimate of drug-likeness (QED) is 0.689. The highest BCUT2D eigenvalue weighted by atomic mass is 79.9. The standard InChI is InChI=1S/C7H7BrN2O/c8-4-1-2-6-5(3-4)10-7(9)11-6/h1-3,7,10H,9H2. The van der Waals surface area contributed by atoms with Gasteiger partial charge in [0.05, 0.1) is 5.69 Å². The fraction of sp³-hybridized carbons (Fsp3) is 0.143. The normalized spacial score (nSPS) is 20.4. The van der Waals surface area contributed by atoms with E-state index in [1.165, 1.54) is 0 Å². The van der Waals surface area contributed by atoms with E-state index in [0.717, 1.165) is 15.9 Å². The second-order valence-corrected chi connectivity index (χ2v) is 3.24. The van der Waals surface area contributed by atoms with Gasteiger partial charge < -0.3 is 10.1 Å². The van der Waals surface area contributed by atoms with Crippen molar-refractivity contribution in [2.24, 2.45) is 5.73 Å². The zero-order chi connectivity index (χ0) is 7.84. The lowest BCUT2D eigenvalue weighted by Crippen LogP contribution is -2.30. The van der Waals surface area contributed by atoms with Crippen LogP contribution in [0, 0.1) is 0 Å². The number of ether oxygens (including phenoxy) is 1. The Labute approximate surface area is 72.7 Å². The van der Waals surface area contributed by atoms with Crippen LogP contribution in [0.25, 0.3) is 0 Å². The molecule has 0 bridgehead atoms. The largest absolute Gasteiger partial charge is 0.456 e. The lowest BCUT2D eigenvalue weighted by atomic mass is 10.3. The third kappa shape index (κ3) is 1.19. The first-order valence-corrected chi connectivity index (χ1v) is 4.03. The minimum atomic E-state index is -0.403. The van der Waals surface area contributed by atoms with Gasteiger partial charge in [-0.05, 0) is 18.2 Å². The number of rotatable bonds is 0. The van der Waals surface area contributed by atoms with Gasteiger partial charge in [0.25, 0.3) is 0 Å². The first kappa shape index (κ1) is 6.94. The van der Waals surface area contributed by atoms with Gasteiger partial charge in [-0.3, -0.25) is 5.73 Å². The van der Waals surface area contributed by atoms with Gasteiger partial charge in [-0.2, -0.15) is 0 Å². The summed E-state index contributed by atoms with van der Waals surface area (Å²) in [4.78, 5) is 0. The highest BCUT2D eigenvalue weighted by Gasteiger charge is 2.17. The van der Waals surface area contributed by atoms with E-state index in [2.05, 4.69) is 21.2 Å². The number of hydrogen-bond donors (Lipinski definition) is 2. The van der Waals surface area contributed by atoms with Crippen LogP contribution in [-0.4, -0.2) is 6.35 Å². The van der Waals surface area contributed by atoms with E-state index in [1.807, 2.05) is 18.2 Å². The molecule has 0 spiro atoms. The molecular weight excluding hydrogens is 208 g/mol. The Morgan fingerprint density at radius 2 is 2.36 bits per heavy atom. The molecule has 0 saturated carbocycles. The number of nitrogens with two attached hydrogens (primary N) is 1. The maximum Gasteiger partial charge on any atom is 0.225 e. The molecule has 4 heteroatoms. The zero-order valence-corrected chi connectivity index (χ0v) is 7.26. The van der Waals surface area contributed by atoms with Crippen LogP contribution in [0.3, 0.4) is 0 Å². The molecule has 1 aliphatic heterocycles. The third-order valence-electron chi connectivity index (χ3n) is 1.49. The topological polar surface area (TPSA) is 47.3 Å². The van der Waals surface area contributed by atoms with E-state index in [0.29, 0.717) is 0 Å². The molecule has 1 aromatic carbocycles. The van der Waals surface area contributed by atoms with Crippen LogP contribution >= 0.6 is 15.9 Å². The maximum atomic E-state index is 5.49. The predicted octanol–water partition coefficient (Wildman–Crippen LogP) is 1.50. The van der Waals surface area contributed by atoms with E-state index >= 15 is 0 Å². The Kier molecular flexibility index (Phi) is 1.51. The summed E-state index contributed by atoms with van der Waals surface area (Å²) in [6, 6.07) is 5.72. The Morgan fingerprint density at radius 1 is 1.55 bits per heavy atom. The van der Waals surface area contributed by atoms with Crippen molar-refractivity contribution < 1.29 is 4.74 Å². The van der Waals surface area contributed by atoms with Gasteiger partial charge in [-0.15, -0.1) is 0 Å². The van der Waals surface area contributed by atoms with Crippen LogP contribution in [0.5, 0.6) is 5.75 Å². The molecule has 1 atom stereocenters. The summed E-state index contributed by atoms with van der Waals surface area (Å²) in [6.45, 7) is 0. The molecule has 58 valence electrons. The molecule has 1 unspecified atom stereocenters. The van der Waals surface area contributed by atoms with Gasteiger partial charge in [0.2, 0.25) is 6.35 Å². The van der Waals surface area contributed by atoms with E-state index in [1.54, 1.807) is 0 Å². The molecule has 0 aromatic heterocycles. The molecule has 11 heavy (non-hydrogen) atoms. The summed E-state index contributed by atoms with van der Waals surface area (Å²) in [6.07, 6.45) is -0.403. The molecule has 2 rings (SSSR count). The van der Waals surface area contributed by atoms with Crippen LogP contribution in [0.2, 0.25) is 0 Å². The molecule has 3 nitrogen and oxygen atoms in total. The van der Waals surface area contributed by atoms with Crippen molar-refractivity contribution in [2.75, 3.05) is 5.32 Å². The summed E-state index contributed by atoms with van der Waals surface area (Å²) in [5.74, 6) is 0.806. The number of fused-ring (bicyclic) bond motifs is 1. The minimum absolute atomic E-state index is 0.403. The number of benzene rings is 1. The molecule has 3 N–H and O–H groups in total. The van der Waals surface area contributed by atoms with Gasteiger partial charge in [0, 0.05) is 4.47 Å². The van der Waals surface area contributed by atoms with E-state index in [9.17, 15) is 0 Å². The van der Waals surface area contributed by atoms with Crippen molar-refractivity contribution in [3.05, 3.63) is 22.7 Å². The van der Waals surface area contributed by atoms with Crippen molar-refractivity contribution in [3.63, 3.8) is 0 Å². The number of nitrogens with one attached hydrogen (secondary N) is 1. The highest BCUT2D eigenvalue weighted by Crippen LogP contribution is 2.32. The lowest BCUT2D eigenvalue weighted by Gasteiger charge is -2.00. The Bertz CT molecular complexity index is 290. The van der Waals surface area contributed by atoms with Crippen LogP contribution in [0.4, 0.5) is 5.69 Å². The van der Waals surface area contributed by atoms with Crippen molar-refractivity contribution in [1.29, 1.82) is 0 Å². The summed E-state index contributed by atoms with van der Waals surface area (Å²) in [7, 11) is 0. The predicted molar refractivity (Wildman–Crippen MR) is 46.4 cm³/mol. The van der Waals surface area contributed by atoms with Gasteiger partial charge in [0.15, 0.2) is 0 Å². The Morgan fingerprint density at radius 3 is 3.18 bits per heavy atom. The molecule has 0 saturated heterocycles. The lowest BCUT2D eigenvalue weighted by molar-refractivity contribution is 0.262. The smallest absolute Gasteiger partial charge is 0.225 e. The maximum absolute atomic E-state index is 5.49. The number of hydrogen-bond acceptors (Lipinski definition) is 3. The molecule has 0 fully saturated rings. The Hall–Kier alpha value is -0.740. The van der Waals surface area contributed by atoms with Gasteiger partial charge >= 0.3 is 0 Å². The second kappa shape index (κ2) is 2.39. The molecule has 0 aliphatic carbocycles. The van der Waals surface area contributed by atoms with E-state index < -0.39 is 6.35 Å². The number of halogens is 1. The summed E-state index contributed by atoms with van der Waals surface area (Å²) in [5.41, 5.74) is 6.42. The van der Waals surface area contributed by atoms with Crippen molar-refractivity contribution >= 4 is 21.6 Å². The van der Waals surface area contributed by atoms with Gasteiger partial charge in [-0.1, -0.05) is 15.9 Å². The van der Waals surface area contributed by atoms with Gasteiger partial charge in [-0.25, -0.2) is 0 Å². The first-order chi connectivity index (χ1) is 5.25. The SMILES string of the molecule is NC1Nc2cc(Br)ccc2O1. The molecule has 0 amide bonds. The van der Waals surface area contributed by atoms with Gasteiger partial charge in [0.1, 0.15) is 5.75 Å². The summed E-state index contributed by atoms with van der Waals surface area (Å²) < 4.78 is 6.22. The summed E-state index contributed by atoms with van der Waals surface area (Å²) in [5, 5.41) is 2.96. The minimum Gasteiger partial charge on any atom is -0.456 e. The molecular formula is C7H7BrN2O.